The number of rotatable bonds is 6. The molecule has 0 spiro atoms. The van der Waals surface area contributed by atoms with Gasteiger partial charge in [-0.05, 0) is 11.6 Å². The molecule has 0 aliphatic carbocycles. The van der Waals surface area contributed by atoms with E-state index in [9.17, 15) is 0 Å². The van der Waals surface area contributed by atoms with Crippen molar-refractivity contribution in [3.05, 3.63) is 42.2 Å². The summed E-state index contributed by atoms with van der Waals surface area (Å²) in [4.78, 5) is 0. The average molecular weight is 296 g/mol. The first kappa shape index (κ1) is 15.4. The van der Waals surface area contributed by atoms with Crippen molar-refractivity contribution in [2.24, 2.45) is 0 Å². The molecule has 110 valence electrons. The SMILES string of the molecule is COCC1OC(S)C(OC)C1OC=Cc1ccccc1. The lowest BCUT2D eigenvalue weighted by atomic mass is 10.1. The summed E-state index contributed by atoms with van der Waals surface area (Å²) in [7, 11) is 3.26. The molecular formula is C15H20O4S. The van der Waals surface area contributed by atoms with Gasteiger partial charge < -0.3 is 18.9 Å². The summed E-state index contributed by atoms with van der Waals surface area (Å²) in [6.45, 7) is 0.445. The van der Waals surface area contributed by atoms with E-state index in [1.807, 2.05) is 36.4 Å². The molecule has 5 heteroatoms. The maximum absolute atomic E-state index is 5.79. The molecule has 1 saturated heterocycles. The Hall–Kier alpha value is -1.01. The maximum atomic E-state index is 5.79. The van der Waals surface area contributed by atoms with E-state index >= 15 is 0 Å². The largest absolute Gasteiger partial charge is 0.492 e. The van der Waals surface area contributed by atoms with Gasteiger partial charge in [0.2, 0.25) is 0 Å². The van der Waals surface area contributed by atoms with Crippen LogP contribution in [0.2, 0.25) is 0 Å². The molecular weight excluding hydrogens is 276 g/mol. The topological polar surface area (TPSA) is 36.9 Å². The van der Waals surface area contributed by atoms with Crippen molar-refractivity contribution in [2.45, 2.75) is 23.7 Å². The highest BCUT2D eigenvalue weighted by Crippen LogP contribution is 2.28. The minimum Gasteiger partial charge on any atom is -0.492 e. The Kier molecular flexibility index (Phi) is 5.91. The summed E-state index contributed by atoms with van der Waals surface area (Å²) in [6, 6.07) is 9.95. The van der Waals surface area contributed by atoms with Gasteiger partial charge in [0.25, 0.3) is 0 Å². The van der Waals surface area contributed by atoms with Crippen molar-refractivity contribution < 1.29 is 18.9 Å². The first-order valence-electron chi connectivity index (χ1n) is 6.48. The Morgan fingerprint density at radius 2 is 1.95 bits per heavy atom. The number of hydrogen-bond acceptors (Lipinski definition) is 5. The van der Waals surface area contributed by atoms with Gasteiger partial charge in [-0.1, -0.05) is 30.3 Å². The maximum Gasteiger partial charge on any atom is 0.156 e. The first-order valence-corrected chi connectivity index (χ1v) is 7.00. The van der Waals surface area contributed by atoms with Gasteiger partial charge in [-0.2, -0.15) is 0 Å². The Balaban J connectivity index is 1.99. The molecule has 0 N–H and O–H groups in total. The van der Waals surface area contributed by atoms with Crippen LogP contribution in [0.15, 0.2) is 36.6 Å². The second kappa shape index (κ2) is 7.69. The second-order valence-electron chi connectivity index (χ2n) is 4.53. The lowest BCUT2D eigenvalue weighted by molar-refractivity contribution is -0.0306. The minimum absolute atomic E-state index is 0.187. The lowest BCUT2D eigenvalue weighted by Crippen LogP contribution is -2.36. The van der Waals surface area contributed by atoms with E-state index < -0.39 is 0 Å². The zero-order valence-corrected chi connectivity index (χ0v) is 12.5. The van der Waals surface area contributed by atoms with Crippen molar-refractivity contribution in [3.63, 3.8) is 0 Å². The smallest absolute Gasteiger partial charge is 0.156 e. The van der Waals surface area contributed by atoms with Gasteiger partial charge in [0.05, 0.1) is 12.9 Å². The predicted molar refractivity (Wildman–Crippen MR) is 80.7 cm³/mol. The fraction of sp³-hybridized carbons (Fsp3) is 0.467. The molecule has 20 heavy (non-hydrogen) atoms. The highest BCUT2D eigenvalue weighted by Gasteiger charge is 2.44. The molecule has 1 aromatic carbocycles. The lowest BCUT2D eigenvalue weighted by Gasteiger charge is -2.21. The van der Waals surface area contributed by atoms with Gasteiger partial charge in [0.1, 0.15) is 17.6 Å². The van der Waals surface area contributed by atoms with E-state index in [0.717, 1.165) is 5.56 Å². The number of methoxy groups -OCH3 is 2. The van der Waals surface area contributed by atoms with E-state index in [2.05, 4.69) is 12.6 Å². The zero-order valence-electron chi connectivity index (χ0n) is 11.6. The van der Waals surface area contributed by atoms with Crippen LogP contribution in [-0.4, -0.2) is 44.6 Å². The van der Waals surface area contributed by atoms with Crippen LogP contribution in [0.5, 0.6) is 0 Å². The van der Waals surface area contributed by atoms with Crippen LogP contribution >= 0.6 is 12.6 Å². The third-order valence-corrected chi connectivity index (χ3v) is 3.60. The van der Waals surface area contributed by atoms with Gasteiger partial charge in [0, 0.05) is 14.2 Å². The third kappa shape index (κ3) is 3.76. The summed E-state index contributed by atoms with van der Waals surface area (Å²) in [5, 5.41) is 0. The van der Waals surface area contributed by atoms with Crippen LogP contribution < -0.4 is 0 Å². The Bertz CT molecular complexity index is 423. The minimum atomic E-state index is -0.310. The summed E-state index contributed by atoms with van der Waals surface area (Å²) in [5.41, 5.74) is 0.765. The molecule has 1 aromatic rings. The Morgan fingerprint density at radius 1 is 1.20 bits per heavy atom. The molecule has 1 fully saturated rings. The summed E-state index contributed by atoms with van der Waals surface area (Å²) in [5.74, 6) is 0. The van der Waals surface area contributed by atoms with Crippen molar-refractivity contribution in [1.29, 1.82) is 0 Å². The number of ether oxygens (including phenoxy) is 4. The number of hydrogen-bond donors (Lipinski definition) is 1. The van der Waals surface area contributed by atoms with Crippen molar-refractivity contribution in [2.75, 3.05) is 20.8 Å². The molecule has 1 heterocycles. The van der Waals surface area contributed by atoms with Crippen LogP contribution in [0.25, 0.3) is 6.08 Å². The molecule has 0 bridgehead atoms. The van der Waals surface area contributed by atoms with Crippen molar-refractivity contribution >= 4 is 18.7 Å². The van der Waals surface area contributed by atoms with Gasteiger partial charge >= 0.3 is 0 Å². The fourth-order valence-electron chi connectivity index (χ4n) is 2.19. The highest BCUT2D eigenvalue weighted by molar-refractivity contribution is 7.80. The van der Waals surface area contributed by atoms with Crippen LogP contribution in [0.3, 0.4) is 0 Å². The fourth-order valence-corrected chi connectivity index (χ4v) is 2.64. The first-order chi connectivity index (χ1) is 9.76. The van der Waals surface area contributed by atoms with Crippen LogP contribution in [0, 0.1) is 0 Å². The summed E-state index contributed by atoms with van der Waals surface area (Å²) < 4.78 is 22.0. The van der Waals surface area contributed by atoms with Gasteiger partial charge in [0.15, 0.2) is 6.10 Å². The molecule has 4 atom stereocenters. The standard InChI is InChI=1S/C15H20O4S/c1-16-10-12-13(14(17-2)15(20)19-12)18-9-8-11-6-4-3-5-7-11/h3-9,12-15,20H,10H2,1-2H3. The molecule has 4 nitrogen and oxygen atoms in total. The Labute approximate surface area is 125 Å². The molecule has 1 aliphatic heterocycles. The Morgan fingerprint density at radius 3 is 2.60 bits per heavy atom. The monoisotopic (exact) mass is 296 g/mol. The highest BCUT2D eigenvalue weighted by atomic mass is 32.1. The van der Waals surface area contributed by atoms with E-state index in [4.69, 9.17) is 18.9 Å². The zero-order chi connectivity index (χ0) is 14.4. The molecule has 2 rings (SSSR count). The summed E-state index contributed by atoms with van der Waals surface area (Å²) >= 11 is 4.36. The third-order valence-electron chi connectivity index (χ3n) is 3.18. The predicted octanol–water partition coefficient (Wildman–Crippen LogP) is 2.36. The van der Waals surface area contributed by atoms with Gasteiger partial charge in [-0.3, -0.25) is 0 Å². The van der Waals surface area contributed by atoms with Gasteiger partial charge in [-0.25, -0.2) is 0 Å². The molecule has 0 amide bonds. The molecule has 1 aliphatic rings. The van der Waals surface area contributed by atoms with Crippen LogP contribution in [-0.2, 0) is 18.9 Å². The normalized spacial score (nSPS) is 29.9. The van der Waals surface area contributed by atoms with E-state index in [0.29, 0.717) is 6.61 Å². The van der Waals surface area contributed by atoms with Crippen molar-refractivity contribution in [3.8, 4) is 0 Å². The van der Waals surface area contributed by atoms with E-state index in [1.54, 1.807) is 20.5 Å². The summed E-state index contributed by atoms with van der Waals surface area (Å²) in [6.07, 6.45) is 2.93. The van der Waals surface area contributed by atoms with Crippen LogP contribution in [0.1, 0.15) is 5.56 Å². The van der Waals surface area contributed by atoms with Crippen molar-refractivity contribution in [1.82, 2.24) is 0 Å². The average Bonchev–Trinajstić information content (AvgIpc) is 2.76. The molecule has 0 aromatic heterocycles. The second-order valence-corrected chi connectivity index (χ2v) is 5.04. The molecule has 0 saturated carbocycles. The van der Waals surface area contributed by atoms with Crippen LogP contribution in [0.4, 0.5) is 0 Å². The quantitative estimate of drug-likeness (QED) is 0.646. The number of thiol groups is 1. The van der Waals surface area contributed by atoms with E-state index in [-0.39, 0.29) is 23.7 Å². The number of benzene rings is 1. The molecule has 4 unspecified atom stereocenters. The van der Waals surface area contributed by atoms with E-state index in [1.165, 1.54) is 0 Å². The van der Waals surface area contributed by atoms with Gasteiger partial charge in [-0.15, -0.1) is 12.6 Å². The molecule has 0 radical (unpaired) electrons.